The molecule has 9 heteroatoms. The van der Waals surface area contributed by atoms with Crippen LogP contribution in [0.5, 0.6) is 0 Å². The topological polar surface area (TPSA) is 88.2 Å². The fourth-order valence-corrected chi connectivity index (χ4v) is 3.68. The lowest BCUT2D eigenvalue weighted by Crippen LogP contribution is -2.14. The van der Waals surface area contributed by atoms with E-state index in [1.807, 2.05) is 97.1 Å². The van der Waals surface area contributed by atoms with E-state index in [0.717, 1.165) is 31.4 Å². The number of rotatable bonds is 4. The van der Waals surface area contributed by atoms with Crippen molar-refractivity contribution < 1.29 is 0 Å². The Balaban J connectivity index is 0.000000306. The Morgan fingerprint density at radius 2 is 1.20 bits per heavy atom. The van der Waals surface area contributed by atoms with Crippen LogP contribution in [-0.2, 0) is 12.8 Å². The van der Waals surface area contributed by atoms with Crippen LogP contribution in [0.4, 0.5) is 11.4 Å². The van der Waals surface area contributed by atoms with E-state index in [-0.39, 0.29) is 14.1 Å². The molecule has 208 valence electrons. The molecule has 0 aliphatic rings. The number of hydrogen-bond acceptors (Lipinski definition) is 3. The van der Waals surface area contributed by atoms with Crippen LogP contribution in [0.15, 0.2) is 111 Å². The Hall–Kier alpha value is -2.29. The smallest absolute Gasteiger partial charge is 0.251 e. The van der Waals surface area contributed by atoms with Gasteiger partial charge in [-0.05, 0) is 71.8 Å². The molecule has 0 aliphatic heterocycles. The second-order valence-electron chi connectivity index (χ2n) is 9.06. The maximum atomic E-state index is 8.34. The van der Waals surface area contributed by atoms with Crippen molar-refractivity contribution in [2.75, 3.05) is 5.73 Å². The van der Waals surface area contributed by atoms with E-state index in [0.29, 0.717) is 28.7 Å². The minimum atomic E-state index is -0.139. The van der Waals surface area contributed by atoms with Crippen LogP contribution in [0.3, 0.4) is 0 Å². The number of nitrogen functional groups attached to an aromatic ring is 1. The quantitative estimate of drug-likeness (QED) is 0.0953. The number of nitrogens with zero attached hydrogens (tertiary/aromatic N) is 2. The monoisotopic (exact) mass is 716 g/mol. The van der Waals surface area contributed by atoms with Crippen LogP contribution in [0.2, 0.25) is 27.4 Å². The summed E-state index contributed by atoms with van der Waals surface area (Å²) in [6.07, 6.45) is 0.940. The van der Waals surface area contributed by atoms with Crippen molar-refractivity contribution in [1.82, 2.24) is 0 Å². The number of amidine groups is 1. The first kappa shape index (κ1) is 35.7. The Morgan fingerprint density at radius 3 is 1.62 bits per heavy atom. The second-order valence-corrected chi connectivity index (χ2v) is 15.2. The Labute approximate surface area is 269 Å². The van der Waals surface area contributed by atoms with Gasteiger partial charge in [-0.15, -0.1) is 17.4 Å². The average molecular weight is 719 g/mol. The van der Waals surface area contributed by atoms with Gasteiger partial charge in [-0.1, -0.05) is 91.5 Å². The first-order valence-electron chi connectivity index (χ1n) is 12.4. The van der Waals surface area contributed by atoms with Gasteiger partial charge in [0.1, 0.15) is 5.84 Å². The van der Waals surface area contributed by atoms with Gasteiger partial charge < -0.3 is 11.5 Å². The molecule has 0 saturated carbocycles. The van der Waals surface area contributed by atoms with E-state index >= 15 is 0 Å². The third-order valence-corrected chi connectivity index (χ3v) is 6.32. The van der Waals surface area contributed by atoms with Crippen LogP contribution >= 0.6 is 55.1 Å². The molecule has 4 rings (SSSR count). The van der Waals surface area contributed by atoms with Crippen molar-refractivity contribution in [1.29, 1.82) is 5.26 Å². The van der Waals surface area contributed by atoms with Crippen molar-refractivity contribution in [2.24, 2.45) is 10.7 Å². The van der Waals surface area contributed by atoms with E-state index in [2.05, 4.69) is 54.2 Å². The number of aliphatic imine (C=N–C) groups is 1. The van der Waals surface area contributed by atoms with Crippen molar-refractivity contribution >= 4 is 86.4 Å². The largest absolute Gasteiger partial charge is 0.399 e. The van der Waals surface area contributed by atoms with Crippen LogP contribution in [0.1, 0.15) is 11.1 Å². The van der Waals surface area contributed by atoms with Crippen molar-refractivity contribution in [3.8, 4) is 6.07 Å². The zero-order valence-electron chi connectivity index (χ0n) is 22.8. The predicted molar refractivity (Wildman–Crippen MR) is 183 cm³/mol. The molecular formula is C31H33AlBr2Cl2N4. The number of halogens is 4. The van der Waals surface area contributed by atoms with Gasteiger partial charge in [-0.3, -0.25) is 0 Å². The molecule has 4 aromatic carbocycles. The number of anilines is 1. The summed E-state index contributed by atoms with van der Waals surface area (Å²) >= 11 is 18.4. The molecule has 0 heterocycles. The number of hydrogen-bond donors (Lipinski definition) is 2. The summed E-state index contributed by atoms with van der Waals surface area (Å²) in [6.45, 7) is 0. The van der Waals surface area contributed by atoms with Crippen LogP contribution < -0.4 is 11.5 Å². The Kier molecular flexibility index (Phi) is 18.4. The van der Waals surface area contributed by atoms with E-state index in [4.69, 9.17) is 39.9 Å². The highest BCUT2D eigenvalue weighted by Crippen LogP contribution is 2.19. The molecule has 0 saturated heterocycles. The Morgan fingerprint density at radius 1 is 0.775 bits per heavy atom. The first-order valence-corrected chi connectivity index (χ1v) is 18.3. The van der Waals surface area contributed by atoms with Gasteiger partial charge in [0.25, 0.3) is 14.1 Å². The number of benzene rings is 4. The van der Waals surface area contributed by atoms with Crippen LogP contribution in [-0.4, -0.2) is 20.0 Å². The lowest BCUT2D eigenvalue weighted by atomic mass is 10.1. The molecule has 0 radical (unpaired) electrons. The van der Waals surface area contributed by atoms with E-state index in [1.54, 1.807) is 6.07 Å². The summed E-state index contributed by atoms with van der Waals surface area (Å²) in [6, 6.07) is 32.2. The van der Waals surface area contributed by atoms with E-state index in [9.17, 15) is 0 Å². The minimum absolute atomic E-state index is 0.139. The second kappa shape index (κ2) is 20.6. The normalized spacial score (nSPS) is 9.90. The van der Waals surface area contributed by atoms with Crippen molar-refractivity contribution in [3.63, 3.8) is 0 Å². The van der Waals surface area contributed by atoms with Crippen LogP contribution in [0.25, 0.3) is 0 Å². The van der Waals surface area contributed by atoms with Gasteiger partial charge >= 0.3 is 0 Å². The van der Waals surface area contributed by atoms with Gasteiger partial charge in [0, 0.05) is 31.1 Å². The molecule has 4 nitrogen and oxygen atoms in total. The molecule has 0 fully saturated rings. The van der Waals surface area contributed by atoms with E-state index < -0.39 is 0 Å². The maximum absolute atomic E-state index is 8.34. The molecule has 0 spiro atoms. The molecule has 4 aromatic rings. The fraction of sp³-hybridized carbons (Fsp3) is 0.161. The zero-order chi connectivity index (χ0) is 29.9. The van der Waals surface area contributed by atoms with Gasteiger partial charge in [0.2, 0.25) is 0 Å². The average Bonchev–Trinajstić information content (AvgIpc) is 2.90. The summed E-state index contributed by atoms with van der Waals surface area (Å²) in [5.74, 6) is 7.46. The lowest BCUT2D eigenvalue weighted by molar-refractivity contribution is 1.26. The van der Waals surface area contributed by atoms with Gasteiger partial charge in [0.15, 0.2) is 0 Å². The highest BCUT2D eigenvalue weighted by Gasteiger charge is 2.02. The predicted octanol–water partition coefficient (Wildman–Crippen LogP) is 10.1. The third-order valence-electron chi connectivity index (χ3n) is 4.53. The van der Waals surface area contributed by atoms with Crippen molar-refractivity contribution in [3.05, 3.63) is 127 Å². The molecule has 0 aromatic heterocycles. The number of nitriles is 1. The summed E-state index contributed by atoms with van der Waals surface area (Å²) in [7, 11) is 0. The summed E-state index contributed by atoms with van der Waals surface area (Å²) in [5, 5.41) is 9.72. The molecule has 0 aliphatic carbocycles. The molecule has 0 unspecified atom stereocenters. The zero-order valence-corrected chi connectivity index (χ0v) is 28.6. The van der Waals surface area contributed by atoms with Crippen molar-refractivity contribution in [2.45, 2.75) is 30.2 Å². The SMILES string of the molecule is N#CCc1ccccc1Cl.NC(Cc1ccccc1Cl)=Nc1ccc(Br)cc1.Nc1ccc(Br)cc1.[CH3][Al]([CH3])[CH3]. The maximum Gasteiger partial charge on any atom is 0.251 e. The highest BCUT2D eigenvalue weighted by atomic mass is 79.9. The standard InChI is InChI=1S/C14H12BrClN2.C8H6ClN.C6H6BrN.3CH3.Al/c15-11-5-7-12(8-6-11)18-14(17)9-10-3-1-2-4-13(10)16;9-8-4-2-1-3-7(8)5-6-10;7-5-1-3-6(8)4-2-5;;;;/h1-8H,9H2,(H2,17,18);1-4H,5H2;1-4H,8H2;3*1H3;. The Bertz CT molecular complexity index is 1330. The minimum Gasteiger partial charge on any atom is -0.399 e. The summed E-state index contributed by atoms with van der Waals surface area (Å²) < 4.78 is 2.08. The van der Waals surface area contributed by atoms with E-state index in [1.165, 1.54) is 0 Å². The first-order chi connectivity index (χ1) is 19.0. The number of nitrogens with two attached hydrogens (primary N) is 2. The molecule has 0 atom stereocenters. The van der Waals surface area contributed by atoms with Gasteiger partial charge in [-0.25, -0.2) is 4.99 Å². The highest BCUT2D eigenvalue weighted by molar-refractivity contribution is 9.10. The molecule has 0 bridgehead atoms. The molecular weight excluding hydrogens is 686 g/mol. The summed E-state index contributed by atoms with van der Waals surface area (Å²) in [5.41, 5.74) is 14.8. The molecule has 0 amide bonds. The van der Waals surface area contributed by atoms with Gasteiger partial charge in [0.05, 0.1) is 18.2 Å². The van der Waals surface area contributed by atoms with Crippen LogP contribution in [0, 0.1) is 11.3 Å². The fourth-order valence-electron chi connectivity index (χ4n) is 2.75. The molecule has 4 N–H and O–H groups in total. The third kappa shape index (κ3) is 16.7. The summed E-state index contributed by atoms with van der Waals surface area (Å²) in [4.78, 5) is 4.35. The van der Waals surface area contributed by atoms with Gasteiger partial charge in [-0.2, -0.15) is 5.26 Å². The lowest BCUT2D eigenvalue weighted by Gasteiger charge is -2.04. The molecule has 40 heavy (non-hydrogen) atoms.